The van der Waals surface area contributed by atoms with Crippen LogP contribution in [0.15, 0.2) is 22.7 Å². The van der Waals surface area contributed by atoms with Crippen molar-refractivity contribution in [2.24, 2.45) is 0 Å². The van der Waals surface area contributed by atoms with Crippen molar-refractivity contribution in [1.29, 1.82) is 0 Å². The summed E-state index contributed by atoms with van der Waals surface area (Å²) in [5, 5.41) is 0. The summed E-state index contributed by atoms with van der Waals surface area (Å²) in [4.78, 5) is 24.5. The Bertz CT molecular complexity index is 507. The standard InChI is InChI=1S/C11H10BBrFNO4/c1-15-5-9(16)18-12(19-10(17)6-15)7-3-2-4-8(13)11(7)14/h2-4H,5-6H2,1H3. The largest absolute Gasteiger partial charge is 0.639 e. The van der Waals surface area contributed by atoms with Gasteiger partial charge in [-0.1, -0.05) is 12.1 Å². The lowest BCUT2D eigenvalue weighted by Crippen LogP contribution is -2.48. The molecule has 8 heteroatoms. The molecule has 0 aliphatic carbocycles. The fraction of sp³-hybridized carbons (Fsp3) is 0.273. The van der Waals surface area contributed by atoms with Gasteiger partial charge in [0.2, 0.25) is 0 Å². The van der Waals surface area contributed by atoms with E-state index in [0.717, 1.165) is 0 Å². The molecule has 1 saturated heterocycles. The third-order valence-electron chi connectivity index (χ3n) is 2.51. The van der Waals surface area contributed by atoms with Crippen molar-refractivity contribution < 1.29 is 23.3 Å². The molecule has 0 N–H and O–H groups in total. The first-order chi connectivity index (χ1) is 8.97. The Kier molecular flexibility index (Phi) is 4.21. The van der Waals surface area contributed by atoms with Crippen LogP contribution in [0.4, 0.5) is 4.39 Å². The Morgan fingerprint density at radius 1 is 1.26 bits per heavy atom. The van der Waals surface area contributed by atoms with Gasteiger partial charge in [0.05, 0.1) is 17.6 Å². The molecule has 0 radical (unpaired) electrons. The predicted octanol–water partition coefficient (Wildman–Crippen LogP) is 0.315. The highest BCUT2D eigenvalue weighted by Crippen LogP contribution is 2.14. The van der Waals surface area contributed by atoms with E-state index in [4.69, 9.17) is 9.31 Å². The van der Waals surface area contributed by atoms with Gasteiger partial charge in [0, 0.05) is 5.46 Å². The first kappa shape index (κ1) is 14.0. The third kappa shape index (κ3) is 3.33. The molecule has 1 aliphatic rings. The molecule has 0 amide bonds. The molecule has 0 saturated carbocycles. The Balaban J connectivity index is 2.29. The van der Waals surface area contributed by atoms with Gasteiger partial charge in [-0.05, 0) is 29.0 Å². The van der Waals surface area contributed by atoms with Gasteiger partial charge in [0.1, 0.15) is 5.82 Å². The molecule has 0 aromatic heterocycles. The molecule has 5 nitrogen and oxygen atoms in total. The Morgan fingerprint density at radius 2 is 1.84 bits per heavy atom. The highest BCUT2D eigenvalue weighted by atomic mass is 79.9. The van der Waals surface area contributed by atoms with Gasteiger partial charge in [-0.3, -0.25) is 14.5 Å². The summed E-state index contributed by atoms with van der Waals surface area (Å²) in [5.74, 6) is -1.79. The molecule has 1 aliphatic heterocycles. The van der Waals surface area contributed by atoms with E-state index in [2.05, 4.69) is 15.9 Å². The van der Waals surface area contributed by atoms with Crippen molar-refractivity contribution >= 4 is 40.4 Å². The monoisotopic (exact) mass is 329 g/mol. The second-order valence-electron chi connectivity index (χ2n) is 4.13. The Morgan fingerprint density at radius 3 is 2.42 bits per heavy atom. The first-order valence-corrected chi connectivity index (χ1v) is 6.28. The zero-order chi connectivity index (χ0) is 14.0. The van der Waals surface area contributed by atoms with Gasteiger partial charge in [0.15, 0.2) is 0 Å². The van der Waals surface area contributed by atoms with Crippen LogP contribution in [0, 0.1) is 5.82 Å². The van der Waals surface area contributed by atoms with Gasteiger partial charge in [-0.15, -0.1) is 0 Å². The molecular formula is C11H10BBrFNO4. The lowest BCUT2D eigenvalue weighted by atomic mass is 9.78. The average Bonchev–Trinajstić information content (AvgIpc) is 2.29. The molecule has 1 heterocycles. The van der Waals surface area contributed by atoms with Crippen molar-refractivity contribution in [2.75, 3.05) is 20.1 Å². The van der Waals surface area contributed by atoms with E-state index in [1.54, 1.807) is 13.1 Å². The maximum Gasteiger partial charge on any atom is 0.639 e. The lowest BCUT2D eigenvalue weighted by molar-refractivity contribution is -0.145. The second-order valence-corrected chi connectivity index (χ2v) is 4.98. The molecule has 0 spiro atoms. The minimum Gasteiger partial charge on any atom is -0.494 e. The maximum absolute atomic E-state index is 13.9. The summed E-state index contributed by atoms with van der Waals surface area (Å²) in [5.41, 5.74) is 0.000582. The molecule has 2 rings (SSSR count). The fourth-order valence-electron chi connectivity index (χ4n) is 1.66. The fourth-order valence-corrected chi connectivity index (χ4v) is 2.05. The van der Waals surface area contributed by atoms with Gasteiger partial charge in [-0.25, -0.2) is 4.39 Å². The normalized spacial score (nSPS) is 17.5. The van der Waals surface area contributed by atoms with Crippen LogP contribution >= 0.6 is 15.9 Å². The topological polar surface area (TPSA) is 55.8 Å². The van der Waals surface area contributed by atoms with Crippen molar-refractivity contribution in [3.63, 3.8) is 0 Å². The van der Waals surface area contributed by atoms with Gasteiger partial charge in [-0.2, -0.15) is 0 Å². The third-order valence-corrected chi connectivity index (χ3v) is 3.12. The van der Waals surface area contributed by atoms with Crippen LogP contribution in [0.1, 0.15) is 0 Å². The molecule has 100 valence electrons. The number of benzene rings is 1. The molecule has 1 aromatic carbocycles. The van der Waals surface area contributed by atoms with E-state index in [9.17, 15) is 14.0 Å². The highest BCUT2D eigenvalue weighted by molar-refractivity contribution is 9.10. The molecular weight excluding hydrogens is 320 g/mol. The van der Waals surface area contributed by atoms with Crippen LogP contribution in [0.5, 0.6) is 0 Å². The van der Waals surface area contributed by atoms with Crippen molar-refractivity contribution in [2.45, 2.75) is 0 Å². The maximum atomic E-state index is 13.9. The SMILES string of the molecule is CN1CC(=O)OB(c2cccc(Br)c2F)OC(=O)C1. The first-order valence-electron chi connectivity index (χ1n) is 5.49. The van der Waals surface area contributed by atoms with Crippen molar-refractivity contribution in [3.8, 4) is 0 Å². The number of carbonyl (C=O) groups is 2. The number of halogens is 2. The van der Waals surface area contributed by atoms with Crippen LogP contribution in [0.25, 0.3) is 0 Å². The summed E-state index contributed by atoms with van der Waals surface area (Å²) < 4.78 is 24.1. The molecule has 1 aromatic rings. The number of hydrogen-bond acceptors (Lipinski definition) is 5. The molecule has 0 bridgehead atoms. The van der Waals surface area contributed by atoms with Crippen LogP contribution in [0.2, 0.25) is 0 Å². The summed E-state index contributed by atoms with van der Waals surface area (Å²) in [6.07, 6.45) is 0. The Labute approximate surface area is 117 Å². The lowest BCUT2D eigenvalue weighted by Gasteiger charge is -2.22. The van der Waals surface area contributed by atoms with Crippen molar-refractivity contribution in [3.05, 3.63) is 28.5 Å². The highest BCUT2D eigenvalue weighted by Gasteiger charge is 2.36. The van der Waals surface area contributed by atoms with Gasteiger partial charge in [0.25, 0.3) is 0 Å². The molecule has 0 unspecified atom stereocenters. The number of rotatable bonds is 1. The van der Waals surface area contributed by atoms with Gasteiger partial charge < -0.3 is 9.31 Å². The summed E-state index contributed by atoms with van der Waals surface area (Å²) in [6, 6.07) is 4.46. The van der Waals surface area contributed by atoms with E-state index in [-0.39, 0.29) is 23.0 Å². The summed E-state index contributed by atoms with van der Waals surface area (Å²) >= 11 is 3.02. The number of nitrogens with zero attached hydrogens (tertiary/aromatic N) is 1. The summed E-state index contributed by atoms with van der Waals surface area (Å²) in [6.45, 7) is -0.109. The van der Waals surface area contributed by atoms with E-state index in [1.165, 1.54) is 17.0 Å². The van der Waals surface area contributed by atoms with Crippen molar-refractivity contribution in [1.82, 2.24) is 4.90 Å². The molecule has 19 heavy (non-hydrogen) atoms. The molecule has 0 atom stereocenters. The number of hydrogen-bond donors (Lipinski definition) is 0. The van der Waals surface area contributed by atoms with Crippen LogP contribution in [0.3, 0.4) is 0 Å². The van der Waals surface area contributed by atoms with E-state index in [0.29, 0.717) is 0 Å². The van der Waals surface area contributed by atoms with Crippen LogP contribution in [-0.2, 0) is 18.9 Å². The quantitative estimate of drug-likeness (QED) is 0.694. The van der Waals surface area contributed by atoms with E-state index < -0.39 is 24.9 Å². The van der Waals surface area contributed by atoms with Gasteiger partial charge >= 0.3 is 19.1 Å². The average molecular weight is 330 g/mol. The zero-order valence-corrected chi connectivity index (χ0v) is 11.6. The minimum atomic E-state index is -1.36. The minimum absolute atomic E-state index is 0.000582. The zero-order valence-electron chi connectivity index (χ0n) is 10.1. The van der Waals surface area contributed by atoms with E-state index in [1.807, 2.05) is 0 Å². The summed E-state index contributed by atoms with van der Waals surface area (Å²) in [7, 11) is 0.230. The van der Waals surface area contributed by atoms with Crippen LogP contribution in [-0.4, -0.2) is 44.1 Å². The predicted molar refractivity (Wildman–Crippen MR) is 69.2 cm³/mol. The molecule has 1 fully saturated rings. The Hall–Kier alpha value is -1.41. The van der Waals surface area contributed by atoms with E-state index >= 15 is 0 Å². The number of likely N-dealkylation sites (N-methyl/N-ethyl adjacent to an activating group) is 1. The number of carbonyl (C=O) groups excluding carboxylic acids is 2. The smallest absolute Gasteiger partial charge is 0.494 e. The van der Waals surface area contributed by atoms with Crippen LogP contribution < -0.4 is 5.46 Å². The second kappa shape index (κ2) is 5.71.